The molecule has 2 rings (SSSR count). The summed E-state index contributed by atoms with van der Waals surface area (Å²) in [7, 11) is 1.46. The van der Waals surface area contributed by atoms with Crippen LogP contribution in [0, 0.1) is 12.8 Å². The highest BCUT2D eigenvalue weighted by atomic mass is 35.5. The number of ether oxygens (including phenoxy) is 2. The summed E-state index contributed by atoms with van der Waals surface area (Å²) < 4.78 is 16.0. The number of benzene rings is 1. The smallest absolute Gasteiger partial charge is 0.273 e. The molecule has 26 heavy (non-hydrogen) atoms. The molecule has 0 unspecified atom stereocenters. The van der Waals surface area contributed by atoms with Crippen molar-refractivity contribution in [3.63, 3.8) is 0 Å². The third kappa shape index (κ3) is 4.70. The molecule has 7 nitrogen and oxygen atoms in total. The zero-order valence-electron chi connectivity index (χ0n) is 15.0. The highest BCUT2D eigenvalue weighted by molar-refractivity contribution is 6.32. The quantitative estimate of drug-likeness (QED) is 0.750. The molecule has 0 saturated heterocycles. The molecule has 0 aliphatic rings. The summed E-state index contributed by atoms with van der Waals surface area (Å²) in [5.74, 6) is 0.431. The molecule has 1 aromatic heterocycles. The van der Waals surface area contributed by atoms with Gasteiger partial charge in [0, 0.05) is 5.56 Å². The van der Waals surface area contributed by atoms with Gasteiger partial charge in [0.05, 0.1) is 30.6 Å². The fourth-order valence-electron chi connectivity index (χ4n) is 2.11. The molecule has 0 radical (unpaired) electrons. The Morgan fingerprint density at radius 2 is 1.92 bits per heavy atom. The van der Waals surface area contributed by atoms with E-state index >= 15 is 0 Å². The van der Waals surface area contributed by atoms with Gasteiger partial charge in [0.2, 0.25) is 0 Å². The fraction of sp³-hybridized carbons (Fsp3) is 0.333. The van der Waals surface area contributed by atoms with Crippen molar-refractivity contribution in [2.75, 3.05) is 13.7 Å². The lowest BCUT2D eigenvalue weighted by atomic mass is 10.2. The number of methoxy groups -OCH3 is 1. The third-order valence-corrected chi connectivity index (χ3v) is 3.73. The molecule has 0 spiro atoms. The molecule has 0 bridgehead atoms. The molecule has 1 heterocycles. The number of hydrogen-bond acceptors (Lipinski definition) is 5. The average Bonchev–Trinajstić information content (AvgIpc) is 3.03. The molecule has 1 aromatic carbocycles. The Hall–Kier alpha value is -2.67. The van der Waals surface area contributed by atoms with Gasteiger partial charge in [0.15, 0.2) is 11.5 Å². The number of carbonyl (C=O) groups excluding carboxylic acids is 2. The van der Waals surface area contributed by atoms with E-state index in [4.69, 9.17) is 25.5 Å². The second-order valence-corrected chi connectivity index (χ2v) is 6.40. The lowest BCUT2D eigenvalue weighted by Crippen LogP contribution is -2.41. The molecule has 8 heteroatoms. The van der Waals surface area contributed by atoms with Crippen LogP contribution in [0.1, 0.15) is 40.3 Å². The van der Waals surface area contributed by atoms with Crippen molar-refractivity contribution >= 4 is 23.4 Å². The first-order chi connectivity index (χ1) is 12.3. The molecular weight excluding hydrogens is 360 g/mol. The maximum atomic E-state index is 12.3. The van der Waals surface area contributed by atoms with E-state index in [9.17, 15) is 9.59 Å². The number of furan rings is 1. The van der Waals surface area contributed by atoms with Crippen molar-refractivity contribution in [2.24, 2.45) is 5.92 Å². The lowest BCUT2D eigenvalue weighted by Gasteiger charge is -2.15. The number of carbonyl (C=O) groups is 2. The third-order valence-electron chi connectivity index (χ3n) is 3.45. The minimum Gasteiger partial charge on any atom is -0.493 e. The van der Waals surface area contributed by atoms with E-state index < -0.39 is 11.8 Å². The van der Waals surface area contributed by atoms with Gasteiger partial charge >= 0.3 is 0 Å². The van der Waals surface area contributed by atoms with Crippen molar-refractivity contribution in [2.45, 2.75) is 20.8 Å². The van der Waals surface area contributed by atoms with Gasteiger partial charge in [-0.1, -0.05) is 25.4 Å². The van der Waals surface area contributed by atoms with Crippen LogP contribution in [0.3, 0.4) is 0 Å². The minimum atomic E-state index is -0.546. The number of aryl methyl sites for hydroxylation is 1. The molecule has 140 valence electrons. The summed E-state index contributed by atoms with van der Waals surface area (Å²) in [6, 6.07) is 4.45. The number of amides is 2. The van der Waals surface area contributed by atoms with E-state index in [-0.39, 0.29) is 10.6 Å². The Morgan fingerprint density at radius 3 is 2.50 bits per heavy atom. The monoisotopic (exact) mass is 380 g/mol. The van der Waals surface area contributed by atoms with Crippen LogP contribution >= 0.6 is 11.6 Å². The highest BCUT2D eigenvalue weighted by Gasteiger charge is 2.18. The summed E-state index contributed by atoms with van der Waals surface area (Å²) >= 11 is 6.22. The molecular formula is C18H21ClN2O5. The van der Waals surface area contributed by atoms with Crippen molar-refractivity contribution in [3.8, 4) is 11.5 Å². The van der Waals surface area contributed by atoms with Crippen LogP contribution in [0.2, 0.25) is 5.02 Å². The summed E-state index contributed by atoms with van der Waals surface area (Å²) in [5, 5.41) is 0.243. The van der Waals surface area contributed by atoms with Gasteiger partial charge in [-0.25, -0.2) is 0 Å². The zero-order valence-corrected chi connectivity index (χ0v) is 15.8. The Labute approximate surface area is 156 Å². The minimum absolute atomic E-state index is 0.216. The van der Waals surface area contributed by atoms with Gasteiger partial charge in [0.1, 0.15) is 5.76 Å². The van der Waals surface area contributed by atoms with E-state index in [1.807, 2.05) is 13.8 Å². The first-order valence-corrected chi connectivity index (χ1v) is 8.36. The molecule has 0 aliphatic heterocycles. The van der Waals surface area contributed by atoms with Gasteiger partial charge < -0.3 is 13.9 Å². The molecule has 2 N–H and O–H groups in total. The van der Waals surface area contributed by atoms with E-state index in [0.717, 1.165) is 0 Å². The van der Waals surface area contributed by atoms with Crippen molar-refractivity contribution < 1.29 is 23.5 Å². The van der Waals surface area contributed by atoms with Gasteiger partial charge in [-0.15, -0.1) is 0 Å². The summed E-state index contributed by atoms with van der Waals surface area (Å²) in [6.45, 7) is 6.12. The van der Waals surface area contributed by atoms with Gasteiger partial charge in [-0.2, -0.15) is 0 Å². The number of nitrogens with one attached hydrogen (secondary N) is 2. The number of rotatable bonds is 6. The first kappa shape index (κ1) is 19.7. The van der Waals surface area contributed by atoms with Crippen LogP contribution in [0.15, 0.2) is 28.9 Å². The zero-order chi connectivity index (χ0) is 19.3. The van der Waals surface area contributed by atoms with Crippen LogP contribution in [-0.4, -0.2) is 25.5 Å². The SMILES string of the molecule is COc1cc(C(=O)NNC(=O)c2ccoc2C)cc(Cl)c1OCC(C)C. The standard InChI is InChI=1S/C18H21ClN2O5/c1-10(2)9-26-16-14(19)7-12(8-15(16)24-4)17(22)20-21-18(23)13-5-6-25-11(13)3/h5-8,10H,9H2,1-4H3,(H,20,22)(H,21,23). The number of hydrogen-bond donors (Lipinski definition) is 2. The van der Waals surface area contributed by atoms with Gasteiger partial charge in [-0.05, 0) is 31.0 Å². The van der Waals surface area contributed by atoms with Crippen molar-refractivity contribution in [3.05, 3.63) is 46.4 Å². The number of halogens is 1. The van der Waals surface area contributed by atoms with Crippen LogP contribution in [0.4, 0.5) is 0 Å². The van der Waals surface area contributed by atoms with Crippen LogP contribution < -0.4 is 20.3 Å². The van der Waals surface area contributed by atoms with E-state index in [2.05, 4.69) is 10.9 Å². The second-order valence-electron chi connectivity index (χ2n) is 5.99. The molecule has 2 aromatic rings. The first-order valence-electron chi connectivity index (χ1n) is 7.98. The second kappa shape index (κ2) is 8.62. The lowest BCUT2D eigenvalue weighted by molar-refractivity contribution is 0.0845. The van der Waals surface area contributed by atoms with E-state index in [0.29, 0.717) is 35.3 Å². The Morgan fingerprint density at radius 1 is 1.23 bits per heavy atom. The molecule has 0 fully saturated rings. The predicted octanol–water partition coefficient (Wildman–Crippen LogP) is 3.36. The van der Waals surface area contributed by atoms with Crippen LogP contribution in [0.5, 0.6) is 11.5 Å². The fourth-order valence-corrected chi connectivity index (χ4v) is 2.38. The van der Waals surface area contributed by atoms with Gasteiger partial charge in [0.25, 0.3) is 11.8 Å². The maximum Gasteiger partial charge on any atom is 0.273 e. The van der Waals surface area contributed by atoms with Crippen molar-refractivity contribution in [1.29, 1.82) is 0 Å². The summed E-state index contributed by atoms with van der Waals surface area (Å²) in [5.41, 5.74) is 5.20. The highest BCUT2D eigenvalue weighted by Crippen LogP contribution is 2.36. The van der Waals surface area contributed by atoms with Crippen LogP contribution in [0.25, 0.3) is 0 Å². The van der Waals surface area contributed by atoms with Gasteiger partial charge in [-0.3, -0.25) is 20.4 Å². The van der Waals surface area contributed by atoms with Crippen LogP contribution in [-0.2, 0) is 0 Å². The average molecular weight is 381 g/mol. The Balaban J connectivity index is 2.10. The summed E-state index contributed by atoms with van der Waals surface area (Å²) in [6.07, 6.45) is 1.40. The predicted molar refractivity (Wildman–Crippen MR) is 96.7 cm³/mol. The normalized spacial score (nSPS) is 10.5. The molecule has 0 aliphatic carbocycles. The Bertz CT molecular complexity index is 801. The molecule has 0 atom stereocenters. The molecule has 0 saturated carbocycles. The largest absolute Gasteiger partial charge is 0.493 e. The van der Waals surface area contributed by atoms with E-state index in [1.165, 1.54) is 31.6 Å². The Kier molecular flexibility index (Phi) is 6.52. The maximum absolute atomic E-state index is 12.3. The number of hydrazine groups is 1. The van der Waals surface area contributed by atoms with E-state index in [1.54, 1.807) is 6.92 Å². The molecule has 2 amide bonds. The summed E-state index contributed by atoms with van der Waals surface area (Å²) in [4.78, 5) is 24.3. The topological polar surface area (TPSA) is 89.8 Å². The van der Waals surface area contributed by atoms with Crippen molar-refractivity contribution in [1.82, 2.24) is 10.9 Å².